The van der Waals surface area contributed by atoms with Crippen LogP contribution in [0.2, 0.25) is 0 Å². The Bertz CT molecular complexity index is 441. The van der Waals surface area contributed by atoms with E-state index in [0.29, 0.717) is 6.04 Å². The van der Waals surface area contributed by atoms with Crippen LogP contribution in [0.5, 0.6) is 0 Å². The molecule has 1 fully saturated rings. The minimum Gasteiger partial charge on any atom is -0.316 e. The summed E-state index contributed by atoms with van der Waals surface area (Å²) in [4.78, 5) is 12.0. The van der Waals surface area contributed by atoms with Crippen molar-refractivity contribution >= 4 is 11.8 Å². The molecule has 1 aliphatic heterocycles. The van der Waals surface area contributed by atoms with Crippen LogP contribution in [0.15, 0.2) is 0 Å². The summed E-state index contributed by atoms with van der Waals surface area (Å²) in [5, 5.41) is 3.46. The molecule has 1 atom stereocenters. The van der Waals surface area contributed by atoms with Crippen LogP contribution in [0.4, 0.5) is 0 Å². The van der Waals surface area contributed by atoms with Gasteiger partial charge < -0.3 is 5.32 Å². The molecule has 0 saturated carbocycles. The zero-order chi connectivity index (χ0) is 15.2. The Kier molecular flexibility index (Phi) is 6.45. The van der Waals surface area contributed by atoms with Crippen LogP contribution < -0.4 is 5.32 Å². The van der Waals surface area contributed by atoms with E-state index < -0.39 is 0 Å². The van der Waals surface area contributed by atoms with E-state index >= 15 is 0 Å². The molecular formula is C16H28N4S. The quantitative estimate of drug-likeness (QED) is 0.817. The number of aromatic nitrogens is 2. The molecule has 1 aromatic rings. The SMILES string of the molecule is CCCNCCc1c(C)nc(C2CSCCN2C)nc1C. The minimum absolute atomic E-state index is 0.369. The third-order valence-corrected chi connectivity index (χ3v) is 5.13. The van der Waals surface area contributed by atoms with Crippen molar-refractivity contribution in [2.75, 3.05) is 38.2 Å². The number of rotatable bonds is 6. The Balaban J connectivity index is 2.09. The van der Waals surface area contributed by atoms with Crippen molar-refractivity contribution < 1.29 is 0 Å². The fourth-order valence-electron chi connectivity index (χ4n) is 2.75. The monoisotopic (exact) mass is 308 g/mol. The second-order valence-corrected chi connectivity index (χ2v) is 6.95. The van der Waals surface area contributed by atoms with Gasteiger partial charge in [-0.3, -0.25) is 4.90 Å². The summed E-state index contributed by atoms with van der Waals surface area (Å²) in [7, 11) is 2.18. The van der Waals surface area contributed by atoms with Crippen LogP contribution in [-0.4, -0.2) is 53.1 Å². The lowest BCUT2D eigenvalue weighted by Gasteiger charge is -2.31. The highest BCUT2D eigenvalue weighted by Gasteiger charge is 2.24. The first-order chi connectivity index (χ1) is 10.1. The number of hydrogen-bond donors (Lipinski definition) is 1. The molecule has 1 aromatic heterocycles. The summed E-state index contributed by atoms with van der Waals surface area (Å²) in [6.07, 6.45) is 2.20. The standard InChI is InChI=1S/C16H28N4S/c1-5-7-17-8-6-14-12(2)18-16(19-13(14)3)15-11-21-10-9-20(15)4/h15,17H,5-11H2,1-4H3. The maximum absolute atomic E-state index is 4.81. The molecule has 1 unspecified atom stereocenters. The summed E-state index contributed by atoms with van der Waals surface area (Å²) < 4.78 is 0. The van der Waals surface area contributed by atoms with Gasteiger partial charge in [-0.1, -0.05) is 6.92 Å². The van der Waals surface area contributed by atoms with Crippen molar-refractivity contribution in [3.8, 4) is 0 Å². The largest absolute Gasteiger partial charge is 0.316 e. The van der Waals surface area contributed by atoms with Crippen LogP contribution in [0.25, 0.3) is 0 Å². The molecule has 1 aliphatic rings. The van der Waals surface area contributed by atoms with E-state index in [1.54, 1.807) is 0 Å². The van der Waals surface area contributed by atoms with E-state index in [2.05, 4.69) is 38.0 Å². The molecule has 21 heavy (non-hydrogen) atoms. The van der Waals surface area contributed by atoms with Crippen molar-refractivity contribution in [2.45, 2.75) is 39.7 Å². The lowest BCUT2D eigenvalue weighted by atomic mass is 10.1. The predicted octanol–water partition coefficient (Wildman–Crippen LogP) is 2.36. The average molecular weight is 308 g/mol. The second-order valence-electron chi connectivity index (χ2n) is 5.80. The number of aryl methyl sites for hydroxylation is 2. The topological polar surface area (TPSA) is 41.1 Å². The van der Waals surface area contributed by atoms with Crippen LogP contribution in [-0.2, 0) is 6.42 Å². The number of nitrogens with zero attached hydrogens (tertiary/aromatic N) is 3. The van der Waals surface area contributed by atoms with Gasteiger partial charge >= 0.3 is 0 Å². The Morgan fingerprint density at radius 3 is 2.57 bits per heavy atom. The summed E-state index contributed by atoms with van der Waals surface area (Å²) in [6.45, 7) is 9.67. The maximum Gasteiger partial charge on any atom is 0.146 e. The molecule has 1 N–H and O–H groups in total. The minimum atomic E-state index is 0.369. The molecule has 5 heteroatoms. The van der Waals surface area contributed by atoms with Gasteiger partial charge in [-0.25, -0.2) is 9.97 Å². The van der Waals surface area contributed by atoms with Crippen LogP contribution >= 0.6 is 11.8 Å². The highest BCUT2D eigenvalue weighted by Crippen LogP contribution is 2.27. The zero-order valence-corrected chi connectivity index (χ0v) is 14.6. The van der Waals surface area contributed by atoms with Crippen molar-refractivity contribution in [3.63, 3.8) is 0 Å². The van der Waals surface area contributed by atoms with Gasteiger partial charge in [0.05, 0.1) is 6.04 Å². The number of hydrogen-bond acceptors (Lipinski definition) is 5. The van der Waals surface area contributed by atoms with Gasteiger partial charge in [0.2, 0.25) is 0 Å². The molecule has 0 bridgehead atoms. The second kappa shape index (κ2) is 8.11. The van der Waals surface area contributed by atoms with Gasteiger partial charge in [-0.15, -0.1) is 0 Å². The first-order valence-corrected chi connectivity index (χ1v) is 9.11. The van der Waals surface area contributed by atoms with Crippen LogP contribution in [0, 0.1) is 13.8 Å². The van der Waals surface area contributed by atoms with Crippen LogP contribution in [0.3, 0.4) is 0 Å². The summed E-state index contributed by atoms with van der Waals surface area (Å²) in [5.41, 5.74) is 3.62. The molecule has 0 radical (unpaired) electrons. The Labute approximate surface area is 133 Å². The third kappa shape index (κ3) is 4.41. The lowest BCUT2D eigenvalue weighted by molar-refractivity contribution is 0.264. The fourth-order valence-corrected chi connectivity index (χ4v) is 3.96. The molecule has 118 valence electrons. The van der Waals surface area contributed by atoms with Crippen LogP contribution in [0.1, 0.15) is 42.2 Å². The summed E-state index contributed by atoms with van der Waals surface area (Å²) in [5.74, 6) is 3.32. The van der Waals surface area contributed by atoms with Gasteiger partial charge in [0.25, 0.3) is 0 Å². The molecule has 1 saturated heterocycles. The van der Waals surface area contributed by atoms with Gasteiger partial charge in [0, 0.05) is 29.4 Å². The smallest absolute Gasteiger partial charge is 0.146 e. The molecule has 4 nitrogen and oxygen atoms in total. The molecule has 0 aromatic carbocycles. The van der Waals surface area contributed by atoms with E-state index in [1.165, 1.54) is 17.7 Å². The molecule has 0 aliphatic carbocycles. The third-order valence-electron chi connectivity index (χ3n) is 4.11. The van der Waals surface area contributed by atoms with E-state index in [0.717, 1.165) is 49.0 Å². The van der Waals surface area contributed by atoms with E-state index in [4.69, 9.17) is 9.97 Å². The summed E-state index contributed by atoms with van der Waals surface area (Å²) in [6, 6.07) is 0.369. The molecular weight excluding hydrogens is 280 g/mol. The molecule has 0 amide bonds. The van der Waals surface area contributed by atoms with Crippen molar-refractivity contribution in [2.24, 2.45) is 0 Å². The summed E-state index contributed by atoms with van der Waals surface area (Å²) >= 11 is 2.01. The Morgan fingerprint density at radius 1 is 1.24 bits per heavy atom. The lowest BCUT2D eigenvalue weighted by Crippen LogP contribution is -2.34. The fraction of sp³-hybridized carbons (Fsp3) is 0.750. The van der Waals surface area contributed by atoms with E-state index in [9.17, 15) is 0 Å². The van der Waals surface area contributed by atoms with Crippen molar-refractivity contribution in [1.82, 2.24) is 20.2 Å². The number of nitrogens with one attached hydrogen (secondary N) is 1. The molecule has 2 rings (SSSR count). The van der Waals surface area contributed by atoms with Gasteiger partial charge in [0.1, 0.15) is 5.82 Å². The molecule has 0 spiro atoms. The van der Waals surface area contributed by atoms with E-state index in [-0.39, 0.29) is 0 Å². The first kappa shape index (κ1) is 16.7. The molecule has 2 heterocycles. The van der Waals surface area contributed by atoms with Gasteiger partial charge in [-0.05, 0) is 52.4 Å². The zero-order valence-electron chi connectivity index (χ0n) is 13.8. The Morgan fingerprint density at radius 2 is 1.95 bits per heavy atom. The number of thioether (sulfide) groups is 1. The predicted molar refractivity (Wildman–Crippen MR) is 91.1 cm³/mol. The van der Waals surface area contributed by atoms with Crippen molar-refractivity contribution in [1.29, 1.82) is 0 Å². The normalized spacial score (nSPS) is 19.9. The first-order valence-electron chi connectivity index (χ1n) is 7.96. The van der Waals surface area contributed by atoms with E-state index in [1.807, 2.05) is 11.8 Å². The average Bonchev–Trinajstić information content (AvgIpc) is 2.46. The highest BCUT2D eigenvalue weighted by atomic mass is 32.2. The Hall–Kier alpha value is -0.650. The van der Waals surface area contributed by atoms with Crippen molar-refractivity contribution in [3.05, 3.63) is 22.8 Å². The highest BCUT2D eigenvalue weighted by molar-refractivity contribution is 7.99. The van der Waals surface area contributed by atoms with Gasteiger partial charge in [-0.2, -0.15) is 11.8 Å². The maximum atomic E-state index is 4.81. The van der Waals surface area contributed by atoms with Gasteiger partial charge in [0.15, 0.2) is 0 Å².